The van der Waals surface area contributed by atoms with E-state index in [0.717, 1.165) is 6.07 Å². The van der Waals surface area contributed by atoms with Crippen molar-refractivity contribution in [3.05, 3.63) is 29.3 Å². The van der Waals surface area contributed by atoms with Crippen LogP contribution in [0.3, 0.4) is 0 Å². The summed E-state index contributed by atoms with van der Waals surface area (Å²) in [5.74, 6) is -1.58. The zero-order chi connectivity index (χ0) is 19.5. The van der Waals surface area contributed by atoms with Crippen LogP contribution in [0.1, 0.15) is 24.5 Å². The van der Waals surface area contributed by atoms with Crippen LogP contribution in [0.15, 0.2) is 18.2 Å². The monoisotopic (exact) mass is 374 g/mol. The predicted octanol–water partition coefficient (Wildman–Crippen LogP) is 2.97. The Bertz CT molecular complexity index is 678. The van der Waals surface area contributed by atoms with E-state index >= 15 is 0 Å². The van der Waals surface area contributed by atoms with Crippen LogP contribution in [0.4, 0.5) is 18.0 Å². The molecule has 1 aliphatic heterocycles. The maximum Gasteiger partial charge on any atom is 0.416 e. The summed E-state index contributed by atoms with van der Waals surface area (Å²) in [5.41, 5.74) is -0.973. The molecule has 2 amide bonds. The molecule has 1 saturated heterocycles. The fraction of sp³-hybridized carbons (Fsp3) is 0.529. The maximum absolute atomic E-state index is 13.2. The van der Waals surface area contributed by atoms with E-state index in [0.29, 0.717) is 13.0 Å². The number of methoxy groups -OCH3 is 1. The van der Waals surface area contributed by atoms with Gasteiger partial charge in [-0.3, -0.25) is 4.79 Å². The molecule has 1 heterocycles. The number of alkyl halides is 3. The Labute approximate surface area is 148 Å². The molecule has 0 bridgehead atoms. The molecular weight excluding hydrogens is 353 g/mol. The molecule has 1 aromatic rings. The number of carboxylic acids is 1. The van der Waals surface area contributed by atoms with Crippen LogP contribution in [0.2, 0.25) is 0 Å². The van der Waals surface area contributed by atoms with Crippen LogP contribution < -0.4 is 10.1 Å². The van der Waals surface area contributed by atoms with Crippen molar-refractivity contribution in [2.75, 3.05) is 20.2 Å². The normalized spacial score (nSPS) is 20.6. The summed E-state index contributed by atoms with van der Waals surface area (Å²) in [5, 5.41) is 11.6. The first-order chi connectivity index (χ1) is 12.1. The summed E-state index contributed by atoms with van der Waals surface area (Å²) < 4.78 is 44.4. The third kappa shape index (κ3) is 4.80. The lowest BCUT2D eigenvalue weighted by Crippen LogP contribution is -2.49. The third-order valence-electron chi connectivity index (χ3n) is 4.35. The number of halogens is 3. The second kappa shape index (κ2) is 7.84. The summed E-state index contributed by atoms with van der Waals surface area (Å²) in [6.07, 6.45) is -4.11. The summed E-state index contributed by atoms with van der Waals surface area (Å²) in [6, 6.07) is 2.94. The first kappa shape index (κ1) is 19.9. The standard InChI is InChI=1S/C17H21F3N2O4/c1-10-5-12(15(23)24)9-22(8-10)16(25)21-7-11-3-4-13(26-2)6-14(11)17(18,19)20/h3-4,6,10,12H,5,7-9H2,1-2H3,(H,21,25)(H,23,24). The molecule has 1 aliphatic rings. The maximum atomic E-state index is 13.2. The summed E-state index contributed by atoms with van der Waals surface area (Å²) in [6.45, 7) is 1.92. The zero-order valence-corrected chi connectivity index (χ0v) is 14.5. The average molecular weight is 374 g/mol. The van der Waals surface area contributed by atoms with Gasteiger partial charge in [-0.15, -0.1) is 0 Å². The molecule has 26 heavy (non-hydrogen) atoms. The lowest BCUT2D eigenvalue weighted by atomic mass is 9.91. The van der Waals surface area contributed by atoms with Crippen molar-refractivity contribution in [3.63, 3.8) is 0 Å². The number of hydrogen-bond donors (Lipinski definition) is 2. The number of nitrogens with one attached hydrogen (secondary N) is 1. The molecule has 0 radical (unpaired) electrons. The summed E-state index contributed by atoms with van der Waals surface area (Å²) in [7, 11) is 1.27. The number of nitrogens with zero attached hydrogens (tertiary/aromatic N) is 1. The largest absolute Gasteiger partial charge is 0.497 e. The van der Waals surface area contributed by atoms with E-state index in [2.05, 4.69) is 5.32 Å². The van der Waals surface area contributed by atoms with E-state index in [1.165, 1.54) is 24.1 Å². The van der Waals surface area contributed by atoms with E-state index in [1.54, 1.807) is 0 Å². The number of rotatable bonds is 4. The SMILES string of the molecule is COc1ccc(CNC(=O)N2CC(C)CC(C(=O)O)C2)c(C(F)(F)F)c1. The molecule has 0 aliphatic carbocycles. The van der Waals surface area contributed by atoms with E-state index in [9.17, 15) is 22.8 Å². The molecule has 1 fully saturated rings. The van der Waals surface area contributed by atoms with Gasteiger partial charge in [0.2, 0.25) is 0 Å². The van der Waals surface area contributed by atoms with Crippen molar-refractivity contribution in [1.29, 1.82) is 0 Å². The van der Waals surface area contributed by atoms with Crippen LogP contribution >= 0.6 is 0 Å². The molecular formula is C17H21F3N2O4. The molecule has 6 nitrogen and oxygen atoms in total. The molecule has 2 rings (SSSR count). The van der Waals surface area contributed by atoms with Gasteiger partial charge in [0.1, 0.15) is 5.75 Å². The number of aliphatic carboxylic acids is 1. The van der Waals surface area contributed by atoms with Crippen molar-refractivity contribution in [1.82, 2.24) is 10.2 Å². The highest BCUT2D eigenvalue weighted by molar-refractivity contribution is 5.76. The molecule has 144 valence electrons. The lowest BCUT2D eigenvalue weighted by Gasteiger charge is -2.34. The van der Waals surface area contributed by atoms with Crippen molar-refractivity contribution in [3.8, 4) is 5.75 Å². The van der Waals surface area contributed by atoms with Crippen molar-refractivity contribution >= 4 is 12.0 Å². The minimum absolute atomic E-state index is 0.00215. The fourth-order valence-electron chi connectivity index (χ4n) is 3.08. The van der Waals surface area contributed by atoms with Crippen molar-refractivity contribution < 1.29 is 32.6 Å². The second-order valence-corrected chi connectivity index (χ2v) is 6.46. The zero-order valence-electron chi connectivity index (χ0n) is 14.5. The van der Waals surface area contributed by atoms with E-state index in [-0.39, 0.29) is 30.3 Å². The van der Waals surface area contributed by atoms with Gasteiger partial charge in [-0.2, -0.15) is 13.2 Å². The van der Waals surface area contributed by atoms with Gasteiger partial charge in [-0.05, 0) is 30.0 Å². The molecule has 0 aromatic heterocycles. The minimum Gasteiger partial charge on any atom is -0.497 e. The highest BCUT2D eigenvalue weighted by atomic mass is 19.4. The van der Waals surface area contributed by atoms with Crippen LogP contribution in [0, 0.1) is 11.8 Å². The first-order valence-electron chi connectivity index (χ1n) is 8.11. The van der Waals surface area contributed by atoms with Crippen LogP contribution in [0.25, 0.3) is 0 Å². The van der Waals surface area contributed by atoms with E-state index in [4.69, 9.17) is 9.84 Å². The highest BCUT2D eigenvalue weighted by Crippen LogP contribution is 2.34. The number of benzene rings is 1. The number of likely N-dealkylation sites (tertiary alicyclic amines) is 1. The van der Waals surface area contributed by atoms with Gasteiger partial charge in [-0.1, -0.05) is 13.0 Å². The number of urea groups is 1. The van der Waals surface area contributed by atoms with Gasteiger partial charge in [0.15, 0.2) is 0 Å². The van der Waals surface area contributed by atoms with Gasteiger partial charge in [0.25, 0.3) is 0 Å². The van der Waals surface area contributed by atoms with Crippen LogP contribution in [-0.4, -0.2) is 42.2 Å². The molecule has 0 spiro atoms. The average Bonchev–Trinajstić information content (AvgIpc) is 2.58. The third-order valence-corrected chi connectivity index (χ3v) is 4.35. The van der Waals surface area contributed by atoms with Crippen LogP contribution in [0.5, 0.6) is 5.75 Å². The molecule has 9 heteroatoms. The number of hydrogen-bond acceptors (Lipinski definition) is 3. The quantitative estimate of drug-likeness (QED) is 0.849. The lowest BCUT2D eigenvalue weighted by molar-refractivity contribution is -0.144. The molecule has 2 N–H and O–H groups in total. The predicted molar refractivity (Wildman–Crippen MR) is 86.7 cm³/mol. The van der Waals surface area contributed by atoms with E-state index in [1.807, 2.05) is 6.92 Å². The minimum atomic E-state index is -4.58. The Kier molecular flexibility index (Phi) is 5.99. The Balaban J connectivity index is 2.08. The van der Waals surface area contributed by atoms with Gasteiger partial charge in [0.05, 0.1) is 18.6 Å². The van der Waals surface area contributed by atoms with Crippen LogP contribution in [-0.2, 0) is 17.5 Å². The number of carboxylic acid groups (broad SMARTS) is 1. The number of piperidine rings is 1. The fourth-order valence-corrected chi connectivity index (χ4v) is 3.08. The van der Waals surface area contributed by atoms with Gasteiger partial charge >= 0.3 is 18.2 Å². The smallest absolute Gasteiger partial charge is 0.416 e. The van der Waals surface area contributed by atoms with Gasteiger partial charge < -0.3 is 20.1 Å². The molecule has 1 aromatic carbocycles. The molecule has 2 atom stereocenters. The summed E-state index contributed by atoms with van der Waals surface area (Å²) in [4.78, 5) is 24.8. The first-order valence-corrected chi connectivity index (χ1v) is 8.11. The number of amides is 2. The Morgan fingerprint density at radius 3 is 2.62 bits per heavy atom. The van der Waals surface area contributed by atoms with Gasteiger partial charge in [0, 0.05) is 19.6 Å². The number of carbonyl (C=O) groups excluding carboxylic acids is 1. The second-order valence-electron chi connectivity index (χ2n) is 6.46. The molecule has 2 unspecified atom stereocenters. The number of carbonyl (C=O) groups is 2. The summed E-state index contributed by atoms with van der Waals surface area (Å²) >= 11 is 0. The Hall–Kier alpha value is -2.45. The highest BCUT2D eigenvalue weighted by Gasteiger charge is 2.35. The van der Waals surface area contributed by atoms with Crippen molar-refractivity contribution in [2.45, 2.75) is 26.1 Å². The number of ether oxygens (including phenoxy) is 1. The van der Waals surface area contributed by atoms with E-state index < -0.39 is 29.7 Å². The topological polar surface area (TPSA) is 78.9 Å². The Morgan fingerprint density at radius 2 is 2.04 bits per heavy atom. The Morgan fingerprint density at radius 1 is 1.35 bits per heavy atom. The van der Waals surface area contributed by atoms with Crippen molar-refractivity contribution in [2.24, 2.45) is 11.8 Å². The molecule has 0 saturated carbocycles. The van der Waals surface area contributed by atoms with Gasteiger partial charge in [-0.25, -0.2) is 4.79 Å².